The van der Waals surface area contributed by atoms with Crippen LogP contribution in [0.25, 0.3) is 0 Å². The molecule has 2 rings (SSSR count). The molecule has 0 unspecified atom stereocenters. The summed E-state index contributed by atoms with van der Waals surface area (Å²) in [7, 11) is 0. The quantitative estimate of drug-likeness (QED) is 0.179. The SMILES string of the molecule is O=C(O)CCOC(=O)CCC/C=C\C[C@@H]1[C@@H](CC[C@H](O)CCc2ccccc2)[C@H](O)C[C@@H]1O. The number of carbonyl (C=O) groups excluding carboxylic acids is 1. The minimum Gasteiger partial charge on any atom is -0.481 e. The van der Waals surface area contributed by atoms with Gasteiger partial charge in [-0.3, -0.25) is 9.59 Å². The third kappa shape index (κ3) is 10.5. The topological polar surface area (TPSA) is 124 Å². The van der Waals surface area contributed by atoms with E-state index in [1.807, 2.05) is 30.4 Å². The van der Waals surface area contributed by atoms with E-state index in [4.69, 9.17) is 9.84 Å². The van der Waals surface area contributed by atoms with Gasteiger partial charge >= 0.3 is 11.9 Å². The molecule has 33 heavy (non-hydrogen) atoms. The zero-order chi connectivity index (χ0) is 24.1. The molecular weight excluding hydrogens is 424 g/mol. The summed E-state index contributed by atoms with van der Waals surface area (Å²) in [6.07, 6.45) is 7.53. The van der Waals surface area contributed by atoms with Gasteiger partial charge in [-0.25, -0.2) is 0 Å². The van der Waals surface area contributed by atoms with Crippen molar-refractivity contribution in [2.45, 2.75) is 82.5 Å². The first kappa shape index (κ1) is 27.0. The molecule has 1 fully saturated rings. The van der Waals surface area contributed by atoms with Gasteiger partial charge in [-0.05, 0) is 68.8 Å². The molecule has 7 nitrogen and oxygen atoms in total. The molecule has 0 aromatic heterocycles. The van der Waals surface area contributed by atoms with E-state index in [0.717, 1.165) is 6.42 Å². The molecule has 184 valence electrons. The number of carboxylic acids is 1. The lowest BCUT2D eigenvalue weighted by molar-refractivity contribution is -0.146. The highest BCUT2D eigenvalue weighted by Crippen LogP contribution is 2.38. The van der Waals surface area contributed by atoms with E-state index >= 15 is 0 Å². The lowest BCUT2D eigenvalue weighted by atomic mass is 9.85. The number of aliphatic hydroxyl groups excluding tert-OH is 3. The maximum absolute atomic E-state index is 11.5. The molecule has 0 saturated heterocycles. The van der Waals surface area contributed by atoms with E-state index in [2.05, 4.69) is 12.1 Å². The Kier molecular flexibility index (Phi) is 12.1. The standard InChI is InChI=1S/C26H38O7/c27-20(13-12-19-8-4-3-5-9-19)14-15-22-21(23(28)18-24(22)29)10-6-1-2-7-11-26(32)33-17-16-25(30)31/h1,3-6,8-9,20-24,27-29H,2,7,10-18H2,(H,30,31)/b6-1-/t20-,21-,22-,23+,24-/m1/s1. The number of aliphatic hydroxyl groups is 3. The largest absolute Gasteiger partial charge is 0.481 e. The van der Waals surface area contributed by atoms with Gasteiger partial charge in [-0.2, -0.15) is 0 Å². The molecule has 0 aliphatic heterocycles. The maximum atomic E-state index is 11.5. The van der Waals surface area contributed by atoms with Gasteiger partial charge in [0.05, 0.1) is 24.7 Å². The van der Waals surface area contributed by atoms with Gasteiger partial charge in [-0.15, -0.1) is 0 Å². The van der Waals surface area contributed by atoms with Crippen LogP contribution < -0.4 is 0 Å². The van der Waals surface area contributed by atoms with Crippen molar-refractivity contribution in [2.24, 2.45) is 11.8 Å². The van der Waals surface area contributed by atoms with Crippen molar-refractivity contribution in [1.29, 1.82) is 0 Å². The first-order valence-corrected chi connectivity index (χ1v) is 12.0. The smallest absolute Gasteiger partial charge is 0.306 e. The Morgan fingerprint density at radius 2 is 1.76 bits per heavy atom. The summed E-state index contributed by atoms with van der Waals surface area (Å²) in [6.45, 7) is -0.103. The number of allylic oxidation sites excluding steroid dienone is 2. The number of rotatable bonds is 15. The van der Waals surface area contributed by atoms with Crippen molar-refractivity contribution >= 4 is 11.9 Å². The zero-order valence-corrected chi connectivity index (χ0v) is 19.2. The van der Waals surface area contributed by atoms with E-state index in [1.54, 1.807) is 0 Å². The Bertz CT molecular complexity index is 733. The fourth-order valence-corrected chi connectivity index (χ4v) is 4.47. The number of ether oxygens (including phenoxy) is 1. The van der Waals surface area contributed by atoms with Gasteiger partial charge in [-0.1, -0.05) is 42.5 Å². The molecule has 1 aliphatic rings. The van der Waals surface area contributed by atoms with Crippen LogP contribution in [0.15, 0.2) is 42.5 Å². The lowest BCUT2D eigenvalue weighted by Crippen LogP contribution is -2.23. The molecule has 1 saturated carbocycles. The molecule has 4 N–H and O–H groups in total. The average molecular weight is 463 g/mol. The molecule has 0 radical (unpaired) electrons. The first-order valence-electron chi connectivity index (χ1n) is 12.0. The second-order valence-corrected chi connectivity index (χ2v) is 8.92. The number of hydrogen-bond acceptors (Lipinski definition) is 6. The van der Waals surface area contributed by atoms with Crippen LogP contribution in [0.2, 0.25) is 0 Å². The van der Waals surface area contributed by atoms with Crippen LogP contribution in [0.3, 0.4) is 0 Å². The predicted molar refractivity (Wildman–Crippen MR) is 124 cm³/mol. The summed E-state index contributed by atoms with van der Waals surface area (Å²) in [5.41, 5.74) is 1.20. The average Bonchev–Trinajstić information content (AvgIpc) is 3.05. The Labute approximate surface area is 196 Å². The Morgan fingerprint density at radius 1 is 1.03 bits per heavy atom. The number of esters is 1. The fourth-order valence-electron chi connectivity index (χ4n) is 4.47. The summed E-state index contributed by atoms with van der Waals surface area (Å²) < 4.78 is 4.84. The molecular formula is C26H38O7. The highest BCUT2D eigenvalue weighted by atomic mass is 16.5. The summed E-state index contributed by atoms with van der Waals surface area (Å²) in [5, 5.41) is 39.7. The van der Waals surface area contributed by atoms with E-state index in [-0.39, 0.29) is 31.3 Å². The van der Waals surface area contributed by atoms with Crippen LogP contribution in [0.4, 0.5) is 0 Å². The van der Waals surface area contributed by atoms with Gasteiger partial charge in [0.25, 0.3) is 0 Å². The summed E-state index contributed by atoms with van der Waals surface area (Å²) in [6, 6.07) is 10.1. The lowest BCUT2D eigenvalue weighted by Gasteiger charge is -2.23. The van der Waals surface area contributed by atoms with Crippen LogP contribution >= 0.6 is 0 Å². The molecule has 0 bridgehead atoms. The molecule has 5 atom stereocenters. The molecule has 0 heterocycles. The van der Waals surface area contributed by atoms with E-state index < -0.39 is 30.3 Å². The molecule has 0 spiro atoms. The Morgan fingerprint density at radius 3 is 2.48 bits per heavy atom. The highest BCUT2D eigenvalue weighted by Gasteiger charge is 2.40. The van der Waals surface area contributed by atoms with Crippen LogP contribution in [0.1, 0.15) is 63.4 Å². The third-order valence-corrected chi connectivity index (χ3v) is 6.37. The van der Waals surface area contributed by atoms with Gasteiger partial charge in [0, 0.05) is 6.42 Å². The summed E-state index contributed by atoms with van der Waals surface area (Å²) in [5.74, 6) is -1.48. The molecule has 0 amide bonds. The monoisotopic (exact) mass is 462 g/mol. The van der Waals surface area contributed by atoms with Crippen molar-refractivity contribution in [3.05, 3.63) is 48.0 Å². The van der Waals surface area contributed by atoms with Gasteiger partial charge in [0.1, 0.15) is 6.61 Å². The zero-order valence-electron chi connectivity index (χ0n) is 19.2. The summed E-state index contributed by atoms with van der Waals surface area (Å²) >= 11 is 0. The molecule has 7 heteroatoms. The Hall–Kier alpha value is -2.22. The van der Waals surface area contributed by atoms with E-state index in [1.165, 1.54) is 5.56 Å². The van der Waals surface area contributed by atoms with Crippen LogP contribution in [0.5, 0.6) is 0 Å². The Balaban J connectivity index is 1.66. The predicted octanol–water partition coefficient (Wildman–Crippen LogP) is 3.25. The second-order valence-electron chi connectivity index (χ2n) is 8.92. The number of unbranched alkanes of at least 4 members (excludes halogenated alkanes) is 1. The van der Waals surface area contributed by atoms with E-state index in [0.29, 0.717) is 44.9 Å². The van der Waals surface area contributed by atoms with Gasteiger partial charge in [0.2, 0.25) is 0 Å². The molecule has 1 aromatic rings. The van der Waals surface area contributed by atoms with Crippen LogP contribution in [-0.2, 0) is 20.7 Å². The van der Waals surface area contributed by atoms with Crippen molar-refractivity contribution in [1.82, 2.24) is 0 Å². The van der Waals surface area contributed by atoms with Crippen molar-refractivity contribution in [2.75, 3.05) is 6.61 Å². The number of carboxylic acid groups (broad SMARTS) is 1. The van der Waals surface area contributed by atoms with Crippen LogP contribution in [0, 0.1) is 11.8 Å². The number of aliphatic carboxylic acids is 1. The van der Waals surface area contributed by atoms with E-state index in [9.17, 15) is 24.9 Å². The highest BCUT2D eigenvalue weighted by molar-refractivity contribution is 5.70. The minimum absolute atomic E-state index is 0.0414. The van der Waals surface area contributed by atoms with Crippen LogP contribution in [-0.4, -0.2) is 57.3 Å². The summed E-state index contributed by atoms with van der Waals surface area (Å²) in [4.78, 5) is 21.9. The normalized spacial score (nSPS) is 23.6. The first-order chi connectivity index (χ1) is 15.9. The van der Waals surface area contributed by atoms with Gasteiger partial charge < -0.3 is 25.2 Å². The number of carbonyl (C=O) groups is 2. The molecule has 1 aromatic carbocycles. The van der Waals surface area contributed by atoms with Crippen molar-refractivity contribution in [3.63, 3.8) is 0 Å². The number of benzene rings is 1. The van der Waals surface area contributed by atoms with Crippen molar-refractivity contribution < 1.29 is 34.8 Å². The number of aryl methyl sites for hydroxylation is 1. The molecule has 1 aliphatic carbocycles. The van der Waals surface area contributed by atoms with Gasteiger partial charge in [0.15, 0.2) is 0 Å². The third-order valence-electron chi connectivity index (χ3n) is 6.37. The number of hydrogen-bond donors (Lipinski definition) is 4. The maximum Gasteiger partial charge on any atom is 0.306 e. The minimum atomic E-state index is -0.995. The van der Waals surface area contributed by atoms with Crippen molar-refractivity contribution in [3.8, 4) is 0 Å². The second kappa shape index (κ2) is 14.8. The fraction of sp³-hybridized carbons (Fsp3) is 0.615.